The summed E-state index contributed by atoms with van der Waals surface area (Å²) < 4.78 is 13.4. The lowest BCUT2D eigenvalue weighted by Crippen LogP contribution is -2.49. The highest BCUT2D eigenvalue weighted by atomic mass is 127. The van der Waals surface area contributed by atoms with E-state index in [0.717, 1.165) is 44.1 Å². The molecule has 2 N–H and O–H groups in total. The molecule has 2 aromatic rings. The van der Waals surface area contributed by atoms with E-state index in [1.54, 1.807) is 23.5 Å². The van der Waals surface area contributed by atoms with Crippen LogP contribution in [0.4, 0.5) is 10.1 Å². The van der Waals surface area contributed by atoms with Gasteiger partial charge < -0.3 is 15.5 Å². The standard InChI is InChI=1S/C20H27FN4S.HI/c1-15(16-8-11-26-14-16)13-23-20(22-2)24-18-6-9-25(10-7-18)19-5-3-4-17(21)12-19;/h3-5,8,11-12,14-15,18H,6-7,9-10,13H2,1-2H3,(H2,22,23,24);1H. The molecule has 1 aliphatic rings. The summed E-state index contributed by atoms with van der Waals surface area (Å²) in [5, 5.41) is 11.3. The maximum atomic E-state index is 13.4. The number of halogens is 2. The van der Waals surface area contributed by atoms with Gasteiger partial charge in [-0.05, 0) is 59.3 Å². The minimum absolute atomic E-state index is 0. The van der Waals surface area contributed by atoms with Gasteiger partial charge in [0.05, 0.1) is 0 Å². The van der Waals surface area contributed by atoms with Crippen LogP contribution in [0, 0.1) is 5.82 Å². The molecular weight excluding hydrogens is 474 g/mol. The highest BCUT2D eigenvalue weighted by Crippen LogP contribution is 2.21. The summed E-state index contributed by atoms with van der Waals surface area (Å²) in [6, 6.07) is 9.42. The van der Waals surface area contributed by atoms with Gasteiger partial charge in [-0.15, -0.1) is 24.0 Å². The van der Waals surface area contributed by atoms with Crippen LogP contribution in [-0.2, 0) is 0 Å². The number of piperidine rings is 1. The Bertz CT molecular complexity index is 715. The van der Waals surface area contributed by atoms with E-state index in [1.807, 2.05) is 13.1 Å². The van der Waals surface area contributed by atoms with Gasteiger partial charge in [0.25, 0.3) is 0 Å². The number of hydrogen-bond acceptors (Lipinski definition) is 3. The summed E-state index contributed by atoms with van der Waals surface area (Å²) in [7, 11) is 1.81. The number of aliphatic imine (C=N–C) groups is 1. The Hall–Kier alpha value is -1.35. The third-order valence-electron chi connectivity index (χ3n) is 4.92. The van der Waals surface area contributed by atoms with E-state index in [1.165, 1.54) is 11.6 Å². The first kappa shape index (κ1) is 21.9. The Labute approximate surface area is 182 Å². The van der Waals surface area contributed by atoms with Gasteiger partial charge in [-0.25, -0.2) is 4.39 Å². The average Bonchev–Trinajstić information content (AvgIpc) is 3.20. The first-order valence-electron chi connectivity index (χ1n) is 9.15. The highest BCUT2D eigenvalue weighted by Gasteiger charge is 2.20. The summed E-state index contributed by atoms with van der Waals surface area (Å²) >= 11 is 1.73. The first-order chi connectivity index (χ1) is 12.7. The second kappa shape index (κ2) is 10.8. The molecule has 1 aliphatic heterocycles. The molecule has 1 aromatic carbocycles. The van der Waals surface area contributed by atoms with Crippen molar-refractivity contribution in [2.75, 3.05) is 31.6 Å². The van der Waals surface area contributed by atoms with Crippen LogP contribution < -0.4 is 15.5 Å². The molecule has 4 nitrogen and oxygen atoms in total. The largest absolute Gasteiger partial charge is 0.371 e. The number of benzene rings is 1. The van der Waals surface area contributed by atoms with Crippen LogP contribution in [0.1, 0.15) is 31.2 Å². The van der Waals surface area contributed by atoms with Crippen molar-refractivity contribution >= 4 is 47.0 Å². The van der Waals surface area contributed by atoms with Crippen LogP contribution in [0.25, 0.3) is 0 Å². The number of rotatable bonds is 5. The molecule has 7 heteroatoms. The second-order valence-corrected chi connectivity index (χ2v) is 7.58. The monoisotopic (exact) mass is 502 g/mol. The molecular formula is C20H28FIN4S. The summed E-state index contributed by atoms with van der Waals surface area (Å²) in [5.74, 6) is 1.14. The van der Waals surface area contributed by atoms with Crippen molar-refractivity contribution in [3.8, 4) is 0 Å². The fraction of sp³-hybridized carbons (Fsp3) is 0.450. The van der Waals surface area contributed by atoms with Gasteiger partial charge in [0.15, 0.2) is 5.96 Å². The van der Waals surface area contributed by atoms with Gasteiger partial charge in [-0.3, -0.25) is 4.99 Å². The summed E-state index contributed by atoms with van der Waals surface area (Å²) in [6.07, 6.45) is 2.02. The van der Waals surface area contributed by atoms with Crippen LogP contribution >= 0.6 is 35.3 Å². The van der Waals surface area contributed by atoms with Crippen molar-refractivity contribution in [2.24, 2.45) is 4.99 Å². The molecule has 1 aromatic heterocycles. The van der Waals surface area contributed by atoms with E-state index in [0.29, 0.717) is 12.0 Å². The quantitative estimate of drug-likeness (QED) is 0.361. The average molecular weight is 502 g/mol. The fourth-order valence-corrected chi connectivity index (χ4v) is 4.05. The number of anilines is 1. The maximum absolute atomic E-state index is 13.4. The molecule has 0 aliphatic carbocycles. The minimum Gasteiger partial charge on any atom is -0.371 e. The van der Waals surface area contributed by atoms with Crippen LogP contribution in [-0.4, -0.2) is 38.7 Å². The normalized spacial score (nSPS) is 16.6. The maximum Gasteiger partial charge on any atom is 0.191 e. The number of nitrogens with zero attached hydrogens (tertiary/aromatic N) is 2. The first-order valence-corrected chi connectivity index (χ1v) is 10.1. The Morgan fingerprint density at radius 1 is 1.33 bits per heavy atom. The van der Waals surface area contributed by atoms with E-state index >= 15 is 0 Å². The van der Waals surface area contributed by atoms with Crippen molar-refractivity contribution in [3.05, 3.63) is 52.5 Å². The van der Waals surface area contributed by atoms with Crippen molar-refractivity contribution in [2.45, 2.75) is 31.7 Å². The van der Waals surface area contributed by atoms with Crippen LogP contribution in [0.2, 0.25) is 0 Å². The Kier molecular flexibility index (Phi) is 8.82. The second-order valence-electron chi connectivity index (χ2n) is 6.80. The van der Waals surface area contributed by atoms with Gasteiger partial charge in [0.2, 0.25) is 0 Å². The van der Waals surface area contributed by atoms with E-state index < -0.39 is 0 Å². The Morgan fingerprint density at radius 3 is 2.74 bits per heavy atom. The van der Waals surface area contributed by atoms with E-state index in [4.69, 9.17) is 0 Å². The number of nitrogens with one attached hydrogen (secondary N) is 2. The van der Waals surface area contributed by atoms with Crippen molar-refractivity contribution < 1.29 is 4.39 Å². The van der Waals surface area contributed by atoms with E-state index in [2.05, 4.69) is 44.3 Å². The van der Waals surface area contributed by atoms with Gasteiger partial charge in [-0.1, -0.05) is 13.0 Å². The summed E-state index contributed by atoms with van der Waals surface area (Å²) in [4.78, 5) is 6.60. The fourth-order valence-electron chi connectivity index (χ4n) is 3.27. The molecule has 0 spiro atoms. The SMILES string of the molecule is CN=C(NCC(C)c1ccsc1)NC1CCN(c2cccc(F)c2)CC1.I. The third-order valence-corrected chi connectivity index (χ3v) is 5.62. The zero-order chi connectivity index (χ0) is 18.4. The van der Waals surface area contributed by atoms with Gasteiger partial charge in [0, 0.05) is 38.4 Å². The molecule has 2 heterocycles. The lowest BCUT2D eigenvalue weighted by atomic mass is 10.0. The predicted octanol–water partition coefficient (Wildman–Crippen LogP) is 4.44. The van der Waals surface area contributed by atoms with Crippen LogP contribution in [0.3, 0.4) is 0 Å². The molecule has 1 fully saturated rings. The lowest BCUT2D eigenvalue weighted by Gasteiger charge is -2.34. The number of hydrogen-bond donors (Lipinski definition) is 2. The molecule has 1 unspecified atom stereocenters. The molecule has 0 bridgehead atoms. The molecule has 1 atom stereocenters. The van der Waals surface area contributed by atoms with E-state index in [9.17, 15) is 4.39 Å². The van der Waals surface area contributed by atoms with Crippen molar-refractivity contribution in [3.63, 3.8) is 0 Å². The zero-order valence-electron chi connectivity index (χ0n) is 15.8. The van der Waals surface area contributed by atoms with Gasteiger partial charge in [-0.2, -0.15) is 11.3 Å². The Balaban J connectivity index is 0.00000261. The number of guanidine groups is 1. The molecule has 0 amide bonds. The lowest BCUT2D eigenvalue weighted by molar-refractivity contribution is 0.460. The smallest absolute Gasteiger partial charge is 0.191 e. The molecule has 0 saturated carbocycles. The van der Waals surface area contributed by atoms with Gasteiger partial charge >= 0.3 is 0 Å². The van der Waals surface area contributed by atoms with Crippen LogP contribution in [0.5, 0.6) is 0 Å². The molecule has 148 valence electrons. The van der Waals surface area contributed by atoms with Crippen molar-refractivity contribution in [1.82, 2.24) is 10.6 Å². The number of thiophene rings is 1. The summed E-state index contributed by atoms with van der Waals surface area (Å²) in [6.45, 7) is 4.92. The third kappa shape index (κ3) is 6.34. The minimum atomic E-state index is -0.174. The molecule has 3 rings (SSSR count). The molecule has 0 radical (unpaired) electrons. The molecule has 27 heavy (non-hydrogen) atoms. The Morgan fingerprint density at radius 2 is 2.11 bits per heavy atom. The zero-order valence-corrected chi connectivity index (χ0v) is 19.0. The highest BCUT2D eigenvalue weighted by molar-refractivity contribution is 14.0. The van der Waals surface area contributed by atoms with Crippen molar-refractivity contribution in [1.29, 1.82) is 0 Å². The molecule has 1 saturated heterocycles. The van der Waals surface area contributed by atoms with Gasteiger partial charge in [0.1, 0.15) is 5.82 Å². The summed E-state index contributed by atoms with van der Waals surface area (Å²) in [5.41, 5.74) is 2.33. The van der Waals surface area contributed by atoms with E-state index in [-0.39, 0.29) is 29.8 Å². The topological polar surface area (TPSA) is 39.7 Å². The van der Waals surface area contributed by atoms with Crippen LogP contribution in [0.15, 0.2) is 46.1 Å². The predicted molar refractivity (Wildman–Crippen MR) is 124 cm³/mol.